The summed E-state index contributed by atoms with van der Waals surface area (Å²) in [4.78, 5) is 0. The van der Waals surface area contributed by atoms with Crippen molar-refractivity contribution in [3.8, 4) is 0 Å². The van der Waals surface area contributed by atoms with E-state index in [4.69, 9.17) is 0 Å². The summed E-state index contributed by atoms with van der Waals surface area (Å²) >= 11 is 0. The van der Waals surface area contributed by atoms with Crippen LogP contribution in [-0.4, -0.2) is 0 Å². The van der Waals surface area contributed by atoms with E-state index < -0.39 is 17.5 Å². The minimum Gasteiger partial charge on any atom is -0.207 e. The molecule has 13 heavy (non-hydrogen) atoms. The van der Waals surface area contributed by atoms with Crippen LogP contribution in [0.3, 0.4) is 0 Å². The lowest BCUT2D eigenvalue weighted by molar-refractivity contribution is 0.485. The number of hydrogen-bond acceptors (Lipinski definition) is 0. The van der Waals surface area contributed by atoms with Crippen LogP contribution in [0.15, 0.2) is 24.8 Å². The Morgan fingerprint density at radius 1 is 1.23 bits per heavy atom. The molecule has 0 bridgehead atoms. The van der Waals surface area contributed by atoms with E-state index in [-0.39, 0.29) is 12.0 Å². The molecule has 0 atom stereocenters. The second-order valence-electron chi connectivity index (χ2n) is 2.69. The molecule has 0 aliphatic carbocycles. The minimum atomic E-state index is -1.14. The maximum absolute atomic E-state index is 12.9. The van der Waals surface area contributed by atoms with Crippen LogP contribution in [0.1, 0.15) is 12.0 Å². The number of allylic oxidation sites excluding steroid dienone is 1. The Labute approximate surface area is 74.7 Å². The summed E-state index contributed by atoms with van der Waals surface area (Å²) in [6, 6.07) is 1.54. The molecule has 0 radical (unpaired) electrons. The smallest absolute Gasteiger partial charge is 0.162 e. The fraction of sp³-hybridized carbons (Fsp3) is 0.200. The quantitative estimate of drug-likeness (QED) is 0.502. The summed E-state index contributed by atoms with van der Waals surface area (Å²) in [6.45, 7) is 3.44. The first-order valence-corrected chi connectivity index (χ1v) is 3.89. The zero-order valence-electron chi connectivity index (χ0n) is 6.99. The van der Waals surface area contributed by atoms with Gasteiger partial charge in [-0.25, -0.2) is 13.2 Å². The Hall–Kier alpha value is -1.25. The minimum absolute atomic E-state index is 0.0531. The largest absolute Gasteiger partial charge is 0.207 e. The van der Waals surface area contributed by atoms with Crippen LogP contribution in [0.4, 0.5) is 13.2 Å². The zero-order valence-corrected chi connectivity index (χ0v) is 6.99. The van der Waals surface area contributed by atoms with Gasteiger partial charge in [0.25, 0.3) is 0 Å². The molecule has 0 spiro atoms. The second kappa shape index (κ2) is 4.12. The first-order valence-electron chi connectivity index (χ1n) is 3.89. The third-order valence-electron chi connectivity index (χ3n) is 1.69. The molecule has 0 nitrogen and oxygen atoms in total. The van der Waals surface area contributed by atoms with E-state index in [9.17, 15) is 13.2 Å². The van der Waals surface area contributed by atoms with Crippen molar-refractivity contribution in [3.63, 3.8) is 0 Å². The maximum atomic E-state index is 12.9. The molecule has 0 fully saturated rings. The summed E-state index contributed by atoms with van der Waals surface area (Å²) in [7, 11) is 0. The third kappa shape index (κ3) is 2.34. The molecule has 3 heteroatoms. The number of halogens is 3. The first-order chi connectivity index (χ1) is 6.15. The van der Waals surface area contributed by atoms with Gasteiger partial charge in [-0.1, -0.05) is 6.08 Å². The van der Waals surface area contributed by atoms with Crippen LogP contribution in [0.25, 0.3) is 0 Å². The molecule has 70 valence electrons. The van der Waals surface area contributed by atoms with Crippen molar-refractivity contribution in [1.82, 2.24) is 0 Å². The average molecular weight is 186 g/mol. The van der Waals surface area contributed by atoms with E-state index in [1.54, 1.807) is 6.08 Å². The molecule has 0 N–H and O–H groups in total. The number of aryl methyl sites for hydroxylation is 1. The zero-order chi connectivity index (χ0) is 9.84. The van der Waals surface area contributed by atoms with Crippen molar-refractivity contribution >= 4 is 0 Å². The topological polar surface area (TPSA) is 0 Å². The Morgan fingerprint density at radius 3 is 2.54 bits per heavy atom. The van der Waals surface area contributed by atoms with Crippen LogP contribution >= 0.6 is 0 Å². The molecule has 0 heterocycles. The van der Waals surface area contributed by atoms with Crippen LogP contribution < -0.4 is 0 Å². The fourth-order valence-electron chi connectivity index (χ4n) is 1.05. The summed E-state index contributed by atoms with van der Waals surface area (Å²) in [5.41, 5.74) is 0.0531. The predicted molar refractivity (Wildman–Crippen MR) is 44.8 cm³/mol. The van der Waals surface area contributed by atoms with Gasteiger partial charge in [-0.2, -0.15) is 0 Å². The van der Waals surface area contributed by atoms with E-state index in [2.05, 4.69) is 6.58 Å². The van der Waals surface area contributed by atoms with Crippen LogP contribution in [0.5, 0.6) is 0 Å². The van der Waals surface area contributed by atoms with Gasteiger partial charge in [0, 0.05) is 6.07 Å². The number of hydrogen-bond donors (Lipinski definition) is 0. The second-order valence-corrected chi connectivity index (χ2v) is 2.69. The van der Waals surface area contributed by atoms with Gasteiger partial charge in [0.05, 0.1) is 0 Å². The Bertz CT molecular complexity index is 318. The monoisotopic (exact) mass is 186 g/mol. The fourth-order valence-corrected chi connectivity index (χ4v) is 1.05. The Kier molecular flexibility index (Phi) is 3.12. The van der Waals surface area contributed by atoms with Gasteiger partial charge in [-0.15, -0.1) is 6.58 Å². The highest BCUT2D eigenvalue weighted by atomic mass is 19.2. The molecule has 0 saturated heterocycles. The standard InChI is InChI=1S/C10H9F3/c1-2-3-4-7-5-8(11)6-9(12)10(7)13/h2,5-6H,1,3-4H2. The molecular weight excluding hydrogens is 177 g/mol. The van der Waals surface area contributed by atoms with Crippen LogP contribution in [0.2, 0.25) is 0 Å². The Morgan fingerprint density at radius 2 is 1.92 bits per heavy atom. The first kappa shape index (κ1) is 9.84. The van der Waals surface area contributed by atoms with Gasteiger partial charge >= 0.3 is 0 Å². The average Bonchev–Trinajstić information content (AvgIpc) is 2.09. The van der Waals surface area contributed by atoms with Gasteiger partial charge in [0.15, 0.2) is 11.6 Å². The van der Waals surface area contributed by atoms with Gasteiger partial charge in [0.2, 0.25) is 0 Å². The van der Waals surface area contributed by atoms with E-state index in [0.717, 1.165) is 6.07 Å². The van der Waals surface area contributed by atoms with Crippen molar-refractivity contribution in [2.45, 2.75) is 12.8 Å². The molecule has 0 unspecified atom stereocenters. The lowest BCUT2D eigenvalue weighted by Gasteiger charge is -2.02. The molecular formula is C10H9F3. The number of rotatable bonds is 3. The Balaban J connectivity index is 2.98. The molecule has 0 aliphatic heterocycles. The summed E-state index contributed by atoms with van der Waals surface area (Å²) in [5, 5.41) is 0. The molecule has 0 saturated carbocycles. The van der Waals surface area contributed by atoms with Crippen LogP contribution in [0, 0.1) is 17.5 Å². The van der Waals surface area contributed by atoms with E-state index in [1.807, 2.05) is 0 Å². The predicted octanol–water partition coefficient (Wildman–Crippen LogP) is 3.22. The molecule has 1 aromatic carbocycles. The highest BCUT2D eigenvalue weighted by molar-refractivity contribution is 5.20. The van der Waals surface area contributed by atoms with Crippen LogP contribution in [-0.2, 0) is 6.42 Å². The SMILES string of the molecule is C=CCCc1cc(F)cc(F)c1F. The summed E-state index contributed by atoms with van der Waals surface area (Å²) in [6.07, 6.45) is 2.34. The van der Waals surface area contributed by atoms with Gasteiger partial charge < -0.3 is 0 Å². The third-order valence-corrected chi connectivity index (χ3v) is 1.69. The van der Waals surface area contributed by atoms with E-state index in [0.29, 0.717) is 12.5 Å². The van der Waals surface area contributed by atoms with Crippen molar-refractivity contribution in [3.05, 3.63) is 47.8 Å². The molecule has 1 aromatic rings. The lowest BCUT2D eigenvalue weighted by Crippen LogP contribution is -1.95. The van der Waals surface area contributed by atoms with Crippen molar-refractivity contribution < 1.29 is 13.2 Å². The molecule has 0 amide bonds. The van der Waals surface area contributed by atoms with Crippen molar-refractivity contribution in [2.24, 2.45) is 0 Å². The summed E-state index contributed by atoms with van der Waals surface area (Å²) in [5.74, 6) is -2.86. The summed E-state index contributed by atoms with van der Waals surface area (Å²) < 4.78 is 38.2. The van der Waals surface area contributed by atoms with Crippen molar-refractivity contribution in [1.29, 1.82) is 0 Å². The normalized spacial score (nSPS) is 10.1. The van der Waals surface area contributed by atoms with Gasteiger partial charge in [-0.3, -0.25) is 0 Å². The number of benzene rings is 1. The van der Waals surface area contributed by atoms with E-state index in [1.165, 1.54) is 0 Å². The highest BCUT2D eigenvalue weighted by Gasteiger charge is 2.09. The van der Waals surface area contributed by atoms with E-state index >= 15 is 0 Å². The molecule has 0 aromatic heterocycles. The molecule has 1 rings (SSSR count). The highest BCUT2D eigenvalue weighted by Crippen LogP contribution is 2.15. The van der Waals surface area contributed by atoms with Gasteiger partial charge in [-0.05, 0) is 24.5 Å². The molecule has 0 aliphatic rings. The van der Waals surface area contributed by atoms with Crippen molar-refractivity contribution in [2.75, 3.05) is 0 Å². The maximum Gasteiger partial charge on any atom is 0.162 e. The lowest BCUT2D eigenvalue weighted by atomic mass is 10.1. The van der Waals surface area contributed by atoms with Gasteiger partial charge in [0.1, 0.15) is 5.82 Å².